The van der Waals surface area contributed by atoms with Crippen molar-refractivity contribution in [1.29, 1.82) is 0 Å². The van der Waals surface area contributed by atoms with E-state index in [9.17, 15) is 13.6 Å². The van der Waals surface area contributed by atoms with E-state index in [2.05, 4.69) is 5.32 Å². The minimum atomic E-state index is -0.656. The molecule has 138 valence electrons. The molecule has 1 amide bonds. The van der Waals surface area contributed by atoms with Gasteiger partial charge in [0.2, 0.25) is 5.91 Å². The van der Waals surface area contributed by atoms with E-state index >= 15 is 0 Å². The Kier molecular flexibility index (Phi) is 5.30. The summed E-state index contributed by atoms with van der Waals surface area (Å²) in [6.07, 6.45) is -0.0403. The van der Waals surface area contributed by atoms with Crippen molar-refractivity contribution in [2.45, 2.75) is 44.4 Å². The Bertz CT molecular complexity index is 812. The molecule has 1 aliphatic rings. The van der Waals surface area contributed by atoms with E-state index in [0.717, 1.165) is 11.6 Å². The Balaban J connectivity index is 1.96. The number of nitrogens with one attached hydrogen (secondary N) is 1. The lowest BCUT2D eigenvalue weighted by Gasteiger charge is -2.43. The zero-order valence-electron chi connectivity index (χ0n) is 14.6. The van der Waals surface area contributed by atoms with Gasteiger partial charge in [-0.15, -0.1) is 0 Å². The van der Waals surface area contributed by atoms with Crippen molar-refractivity contribution >= 4 is 17.5 Å². The van der Waals surface area contributed by atoms with Crippen molar-refractivity contribution in [2.75, 3.05) is 0 Å². The van der Waals surface area contributed by atoms with Crippen molar-refractivity contribution in [3.05, 3.63) is 70.2 Å². The molecule has 6 heteroatoms. The van der Waals surface area contributed by atoms with Gasteiger partial charge in [-0.25, -0.2) is 8.78 Å². The van der Waals surface area contributed by atoms with Crippen LogP contribution < -0.4 is 5.32 Å². The average molecular weight is 380 g/mol. The summed E-state index contributed by atoms with van der Waals surface area (Å²) in [6.45, 7) is 3.36. The highest BCUT2D eigenvalue weighted by Gasteiger charge is 2.40. The molecule has 1 N–H and O–H groups in total. The number of carbonyl (C=O) groups excluding carboxylic acids is 1. The van der Waals surface area contributed by atoms with Gasteiger partial charge in [0.1, 0.15) is 11.6 Å². The molecule has 0 aromatic heterocycles. The van der Waals surface area contributed by atoms with E-state index in [4.69, 9.17) is 16.3 Å². The number of benzene rings is 2. The molecule has 26 heavy (non-hydrogen) atoms. The Morgan fingerprint density at radius 3 is 2.42 bits per heavy atom. The van der Waals surface area contributed by atoms with Gasteiger partial charge in [-0.05, 0) is 30.7 Å². The smallest absolute Gasteiger partial charge is 0.217 e. The predicted octanol–water partition coefficient (Wildman–Crippen LogP) is 5.11. The lowest BCUT2D eigenvalue weighted by atomic mass is 9.81. The summed E-state index contributed by atoms with van der Waals surface area (Å²) in [5.41, 5.74) is 0.583. The third kappa shape index (κ3) is 4.22. The van der Waals surface area contributed by atoms with Crippen LogP contribution in [0.2, 0.25) is 5.02 Å². The quantitative estimate of drug-likeness (QED) is 0.805. The van der Waals surface area contributed by atoms with Crippen molar-refractivity contribution in [1.82, 2.24) is 5.32 Å². The zero-order valence-corrected chi connectivity index (χ0v) is 15.3. The molecule has 1 heterocycles. The largest absolute Gasteiger partial charge is 0.365 e. The van der Waals surface area contributed by atoms with Gasteiger partial charge >= 0.3 is 0 Å². The lowest BCUT2D eigenvalue weighted by molar-refractivity contribution is -0.126. The summed E-state index contributed by atoms with van der Waals surface area (Å²) in [7, 11) is 0. The Labute approximate surface area is 156 Å². The van der Waals surface area contributed by atoms with Crippen LogP contribution >= 0.6 is 11.6 Å². The van der Waals surface area contributed by atoms with E-state index in [1.165, 1.54) is 19.1 Å². The molecule has 3 nitrogen and oxygen atoms in total. The van der Waals surface area contributed by atoms with Crippen molar-refractivity contribution < 1.29 is 18.3 Å². The van der Waals surface area contributed by atoms with E-state index in [-0.39, 0.29) is 17.6 Å². The maximum Gasteiger partial charge on any atom is 0.217 e. The highest BCUT2D eigenvalue weighted by atomic mass is 35.5. The highest BCUT2D eigenvalue weighted by Crippen LogP contribution is 2.44. The van der Waals surface area contributed by atoms with Crippen molar-refractivity contribution in [2.24, 2.45) is 0 Å². The normalized spacial score (nSPS) is 25.7. The summed E-state index contributed by atoms with van der Waals surface area (Å²) in [4.78, 5) is 11.7. The highest BCUT2D eigenvalue weighted by molar-refractivity contribution is 6.30. The van der Waals surface area contributed by atoms with E-state index < -0.39 is 23.3 Å². The first kappa shape index (κ1) is 18.8. The first-order valence-corrected chi connectivity index (χ1v) is 8.78. The second kappa shape index (κ2) is 7.33. The average Bonchev–Trinajstić information content (AvgIpc) is 2.53. The number of hydrogen-bond acceptors (Lipinski definition) is 2. The summed E-state index contributed by atoms with van der Waals surface area (Å²) in [5, 5.41) is 3.57. The van der Waals surface area contributed by atoms with Crippen LogP contribution in [0.15, 0.2) is 42.5 Å². The molecule has 1 aliphatic heterocycles. The third-order valence-electron chi connectivity index (χ3n) is 4.63. The Morgan fingerprint density at radius 2 is 1.81 bits per heavy atom. The van der Waals surface area contributed by atoms with Crippen LogP contribution in [0.4, 0.5) is 8.78 Å². The lowest BCUT2D eigenvalue weighted by Crippen LogP contribution is -2.50. The molecule has 0 unspecified atom stereocenters. The fourth-order valence-corrected chi connectivity index (χ4v) is 3.67. The summed E-state index contributed by atoms with van der Waals surface area (Å²) < 4.78 is 33.7. The molecule has 1 fully saturated rings. The Hall–Kier alpha value is -1.98. The SMILES string of the molecule is CC(=O)N[C@@]1(C)C[C@@H](c2ccc(Cl)cc2)O[C@@H](c2ccc(F)cc2F)C1. The fourth-order valence-electron chi connectivity index (χ4n) is 3.54. The van der Waals surface area contributed by atoms with Crippen molar-refractivity contribution in [3.8, 4) is 0 Å². The molecule has 2 aromatic carbocycles. The molecule has 0 bridgehead atoms. The molecule has 0 saturated carbocycles. The topological polar surface area (TPSA) is 38.3 Å². The van der Waals surface area contributed by atoms with Crippen LogP contribution in [0.1, 0.15) is 50.0 Å². The van der Waals surface area contributed by atoms with Gasteiger partial charge in [0.15, 0.2) is 0 Å². The molecular weight excluding hydrogens is 360 g/mol. The summed E-state index contributed by atoms with van der Waals surface area (Å²) in [5.74, 6) is -1.46. The molecule has 3 atom stereocenters. The summed E-state index contributed by atoms with van der Waals surface area (Å²) >= 11 is 5.95. The summed E-state index contributed by atoms with van der Waals surface area (Å²) in [6, 6.07) is 10.7. The molecule has 1 saturated heterocycles. The van der Waals surface area contributed by atoms with Crippen LogP contribution in [0.25, 0.3) is 0 Å². The first-order chi connectivity index (χ1) is 12.3. The van der Waals surface area contributed by atoms with Crippen molar-refractivity contribution in [3.63, 3.8) is 0 Å². The van der Waals surface area contributed by atoms with E-state index in [0.29, 0.717) is 17.9 Å². The molecule has 2 aromatic rings. The van der Waals surface area contributed by atoms with E-state index in [1.54, 1.807) is 12.1 Å². The van der Waals surface area contributed by atoms with Crippen LogP contribution in [0.3, 0.4) is 0 Å². The molecule has 0 spiro atoms. The molecule has 3 rings (SSSR count). The minimum Gasteiger partial charge on any atom is -0.365 e. The van der Waals surface area contributed by atoms with Gasteiger partial charge in [0, 0.05) is 42.0 Å². The second-order valence-electron chi connectivity index (χ2n) is 6.98. The number of hydrogen-bond donors (Lipinski definition) is 1. The van der Waals surface area contributed by atoms with Crippen LogP contribution in [-0.4, -0.2) is 11.4 Å². The number of ether oxygens (including phenoxy) is 1. The van der Waals surface area contributed by atoms with Crippen LogP contribution in [0.5, 0.6) is 0 Å². The van der Waals surface area contributed by atoms with Gasteiger partial charge < -0.3 is 10.1 Å². The zero-order chi connectivity index (χ0) is 18.9. The first-order valence-electron chi connectivity index (χ1n) is 8.40. The molecule has 0 aliphatic carbocycles. The Morgan fingerprint density at radius 1 is 1.15 bits per heavy atom. The number of rotatable bonds is 3. The van der Waals surface area contributed by atoms with Crippen LogP contribution in [0, 0.1) is 11.6 Å². The standard InChI is InChI=1S/C20H20ClF2NO2/c1-12(25)24-20(2)10-18(13-3-5-14(21)6-4-13)26-19(11-20)16-8-7-15(22)9-17(16)23/h3-9,18-19H,10-11H2,1-2H3,(H,24,25)/t18-,19+,20-/m0/s1. The van der Waals surface area contributed by atoms with Gasteiger partial charge in [0.25, 0.3) is 0 Å². The minimum absolute atomic E-state index is 0.164. The number of amides is 1. The van der Waals surface area contributed by atoms with Gasteiger partial charge in [-0.1, -0.05) is 29.8 Å². The van der Waals surface area contributed by atoms with Crippen LogP contribution in [-0.2, 0) is 9.53 Å². The van der Waals surface area contributed by atoms with Gasteiger partial charge in [-0.2, -0.15) is 0 Å². The number of halogens is 3. The fraction of sp³-hybridized carbons (Fsp3) is 0.350. The van der Waals surface area contributed by atoms with Gasteiger partial charge in [0.05, 0.1) is 12.2 Å². The molecule has 0 radical (unpaired) electrons. The number of carbonyl (C=O) groups is 1. The monoisotopic (exact) mass is 379 g/mol. The predicted molar refractivity (Wildman–Crippen MR) is 95.8 cm³/mol. The molecular formula is C20H20ClF2NO2. The third-order valence-corrected chi connectivity index (χ3v) is 4.88. The van der Waals surface area contributed by atoms with Gasteiger partial charge in [-0.3, -0.25) is 4.79 Å². The van der Waals surface area contributed by atoms with E-state index in [1.807, 2.05) is 19.1 Å². The maximum absolute atomic E-state index is 14.3. The second-order valence-corrected chi connectivity index (χ2v) is 7.42. The maximum atomic E-state index is 14.3.